The zero-order valence-electron chi connectivity index (χ0n) is 10.4. The summed E-state index contributed by atoms with van der Waals surface area (Å²) in [7, 11) is 1.96. The molecule has 0 aliphatic rings. The van der Waals surface area contributed by atoms with Crippen LogP contribution in [0.2, 0.25) is 5.02 Å². The minimum atomic E-state index is 0.321. The lowest BCUT2D eigenvalue weighted by atomic mass is 10.2. The van der Waals surface area contributed by atoms with E-state index in [4.69, 9.17) is 11.6 Å². The second-order valence-corrected chi connectivity index (χ2v) is 6.40. The smallest absolute Gasteiger partial charge is 0.123 e. The monoisotopic (exact) mass is 344 g/mol. The number of hydrogen-bond acceptors (Lipinski definition) is 3. The predicted molar refractivity (Wildman–Crippen MR) is 82.5 cm³/mol. The van der Waals surface area contributed by atoms with Crippen molar-refractivity contribution in [3.63, 3.8) is 0 Å². The molecule has 1 aromatic carbocycles. The molecule has 2 aromatic rings. The Kier molecular flexibility index (Phi) is 4.43. The van der Waals surface area contributed by atoms with Gasteiger partial charge in [0.15, 0.2) is 0 Å². The van der Waals surface area contributed by atoms with Gasteiger partial charge in [0.05, 0.1) is 10.7 Å². The number of halogens is 2. The van der Waals surface area contributed by atoms with Crippen molar-refractivity contribution >= 4 is 38.9 Å². The van der Waals surface area contributed by atoms with Crippen molar-refractivity contribution in [1.82, 2.24) is 10.3 Å². The van der Waals surface area contributed by atoms with Gasteiger partial charge in [-0.05, 0) is 49.0 Å². The summed E-state index contributed by atoms with van der Waals surface area (Å²) in [6.45, 7) is 4.18. The molecule has 2 rings (SSSR count). The topological polar surface area (TPSA) is 24.9 Å². The van der Waals surface area contributed by atoms with Crippen LogP contribution in [0.3, 0.4) is 0 Å². The van der Waals surface area contributed by atoms with E-state index < -0.39 is 0 Å². The van der Waals surface area contributed by atoms with Gasteiger partial charge in [-0.3, -0.25) is 0 Å². The molecule has 0 aliphatic carbocycles. The second-order valence-electron chi connectivity index (χ2n) is 4.11. The quantitative estimate of drug-likeness (QED) is 0.863. The van der Waals surface area contributed by atoms with Crippen molar-refractivity contribution in [2.75, 3.05) is 7.05 Å². The minimum Gasteiger partial charge on any atom is -0.312 e. The van der Waals surface area contributed by atoms with Crippen molar-refractivity contribution < 1.29 is 0 Å². The summed E-state index contributed by atoms with van der Waals surface area (Å²) in [4.78, 5) is 5.90. The highest BCUT2D eigenvalue weighted by Gasteiger charge is 2.14. The Hall–Kier alpha value is -0.420. The van der Waals surface area contributed by atoms with Gasteiger partial charge in [0.25, 0.3) is 0 Å². The molecule has 0 saturated heterocycles. The number of aryl methyl sites for hydroxylation is 1. The van der Waals surface area contributed by atoms with E-state index in [-0.39, 0.29) is 0 Å². The average molecular weight is 346 g/mol. The van der Waals surface area contributed by atoms with E-state index in [2.05, 4.69) is 33.2 Å². The Morgan fingerprint density at radius 2 is 2.17 bits per heavy atom. The molecule has 0 saturated carbocycles. The molecule has 2 nitrogen and oxygen atoms in total. The van der Waals surface area contributed by atoms with Crippen molar-refractivity contribution in [3.05, 3.63) is 38.3 Å². The summed E-state index contributed by atoms with van der Waals surface area (Å²) in [5.41, 5.74) is 2.14. The molecule has 1 heterocycles. The highest BCUT2D eigenvalue weighted by Crippen LogP contribution is 2.34. The molecular weight excluding hydrogens is 332 g/mol. The third-order valence-corrected chi connectivity index (χ3v) is 5.45. The number of rotatable bonds is 3. The summed E-state index contributed by atoms with van der Waals surface area (Å²) < 4.78 is 0.907. The van der Waals surface area contributed by atoms with Crippen LogP contribution >= 0.6 is 38.9 Å². The maximum absolute atomic E-state index is 6.12. The third kappa shape index (κ3) is 2.77. The Morgan fingerprint density at radius 3 is 2.78 bits per heavy atom. The largest absolute Gasteiger partial charge is 0.312 e. The van der Waals surface area contributed by atoms with E-state index in [1.54, 1.807) is 11.3 Å². The summed E-state index contributed by atoms with van der Waals surface area (Å²) in [5.74, 6) is 0. The molecule has 0 bridgehead atoms. The molecule has 96 valence electrons. The van der Waals surface area contributed by atoms with E-state index in [0.717, 1.165) is 20.7 Å². The maximum atomic E-state index is 6.12. The van der Waals surface area contributed by atoms with Crippen LogP contribution in [0.5, 0.6) is 0 Å². The van der Waals surface area contributed by atoms with E-state index in [1.807, 2.05) is 32.2 Å². The second kappa shape index (κ2) is 5.70. The molecule has 0 radical (unpaired) electrons. The van der Waals surface area contributed by atoms with Crippen molar-refractivity contribution in [3.8, 4) is 10.6 Å². The lowest BCUT2D eigenvalue weighted by Crippen LogP contribution is -2.11. The van der Waals surface area contributed by atoms with Crippen LogP contribution in [0.15, 0.2) is 22.7 Å². The van der Waals surface area contributed by atoms with Crippen LogP contribution in [-0.4, -0.2) is 12.0 Å². The molecule has 1 aromatic heterocycles. The van der Waals surface area contributed by atoms with E-state index in [9.17, 15) is 0 Å². The van der Waals surface area contributed by atoms with Crippen LogP contribution in [0.25, 0.3) is 10.6 Å². The molecule has 0 fully saturated rings. The van der Waals surface area contributed by atoms with Crippen molar-refractivity contribution in [1.29, 1.82) is 0 Å². The lowest BCUT2D eigenvalue weighted by Gasteiger charge is -2.07. The van der Waals surface area contributed by atoms with Crippen LogP contribution in [0.4, 0.5) is 0 Å². The van der Waals surface area contributed by atoms with Crippen LogP contribution in [0, 0.1) is 6.92 Å². The van der Waals surface area contributed by atoms with E-state index in [1.165, 1.54) is 4.88 Å². The molecule has 1 N–H and O–H groups in total. The number of benzene rings is 1. The van der Waals surface area contributed by atoms with Gasteiger partial charge in [-0.1, -0.05) is 17.7 Å². The van der Waals surface area contributed by atoms with Crippen LogP contribution in [-0.2, 0) is 0 Å². The average Bonchev–Trinajstić information content (AvgIpc) is 2.74. The Bertz CT molecular complexity index is 568. The molecule has 0 amide bonds. The van der Waals surface area contributed by atoms with Gasteiger partial charge in [0, 0.05) is 21.0 Å². The first kappa shape index (κ1) is 14.0. The highest BCUT2D eigenvalue weighted by atomic mass is 79.9. The zero-order valence-corrected chi connectivity index (χ0v) is 13.6. The lowest BCUT2D eigenvalue weighted by molar-refractivity contribution is 0.658. The number of hydrogen-bond donors (Lipinski definition) is 1. The SMILES string of the molecule is CNC(C)c1sc(-c2ccc(Br)c(Cl)c2)nc1C. The maximum Gasteiger partial charge on any atom is 0.123 e. The molecular formula is C13H14BrClN2S. The Labute approximate surface area is 125 Å². The van der Waals surface area contributed by atoms with Crippen molar-refractivity contribution in [2.45, 2.75) is 19.9 Å². The highest BCUT2D eigenvalue weighted by molar-refractivity contribution is 9.10. The van der Waals surface area contributed by atoms with E-state index >= 15 is 0 Å². The first-order chi connectivity index (χ1) is 8.52. The van der Waals surface area contributed by atoms with E-state index in [0.29, 0.717) is 11.1 Å². The summed E-state index contributed by atoms with van der Waals surface area (Å²) >= 11 is 11.2. The zero-order chi connectivity index (χ0) is 13.3. The third-order valence-electron chi connectivity index (χ3n) is 2.83. The standard InChI is InChI=1S/C13H14BrClN2S/c1-7(16-3)12-8(2)17-13(18-12)9-4-5-10(14)11(15)6-9/h4-7,16H,1-3H3. The fourth-order valence-electron chi connectivity index (χ4n) is 1.69. The van der Waals surface area contributed by atoms with Gasteiger partial charge in [-0.25, -0.2) is 4.98 Å². The van der Waals surface area contributed by atoms with Gasteiger partial charge >= 0.3 is 0 Å². The fraction of sp³-hybridized carbons (Fsp3) is 0.308. The number of aromatic nitrogens is 1. The molecule has 1 atom stereocenters. The van der Waals surface area contributed by atoms with Gasteiger partial charge < -0.3 is 5.32 Å². The molecule has 0 aliphatic heterocycles. The molecule has 18 heavy (non-hydrogen) atoms. The summed E-state index contributed by atoms with van der Waals surface area (Å²) in [5, 5.41) is 4.97. The van der Waals surface area contributed by atoms with Gasteiger partial charge in [-0.2, -0.15) is 0 Å². The molecule has 5 heteroatoms. The number of nitrogens with zero attached hydrogens (tertiary/aromatic N) is 1. The number of nitrogens with one attached hydrogen (secondary N) is 1. The predicted octanol–water partition coefficient (Wildman–Crippen LogP) is 4.81. The fourth-order valence-corrected chi connectivity index (χ4v) is 3.24. The summed E-state index contributed by atoms with van der Waals surface area (Å²) in [6.07, 6.45) is 0. The van der Waals surface area contributed by atoms with Crippen molar-refractivity contribution in [2.24, 2.45) is 0 Å². The first-order valence-corrected chi connectivity index (χ1v) is 7.61. The first-order valence-electron chi connectivity index (χ1n) is 5.63. The van der Waals surface area contributed by atoms with Gasteiger partial charge in [-0.15, -0.1) is 11.3 Å². The Morgan fingerprint density at radius 1 is 1.44 bits per heavy atom. The summed E-state index contributed by atoms with van der Waals surface area (Å²) in [6, 6.07) is 6.25. The molecule has 0 spiro atoms. The molecule has 1 unspecified atom stereocenters. The van der Waals surface area contributed by atoms with Crippen LogP contribution < -0.4 is 5.32 Å². The normalized spacial score (nSPS) is 12.7. The van der Waals surface area contributed by atoms with Gasteiger partial charge in [0.2, 0.25) is 0 Å². The number of thiazole rings is 1. The minimum absolute atomic E-state index is 0.321. The van der Waals surface area contributed by atoms with Crippen LogP contribution in [0.1, 0.15) is 23.5 Å². The Balaban J connectivity index is 2.42. The van der Waals surface area contributed by atoms with Gasteiger partial charge in [0.1, 0.15) is 5.01 Å².